The van der Waals surface area contributed by atoms with E-state index in [0.29, 0.717) is 22.5 Å². The Kier molecular flexibility index (Phi) is 5.54. The third-order valence-electron chi connectivity index (χ3n) is 4.84. The highest BCUT2D eigenvalue weighted by Gasteiger charge is 2.23. The van der Waals surface area contributed by atoms with Crippen molar-refractivity contribution in [1.82, 2.24) is 9.88 Å². The highest BCUT2D eigenvalue weighted by molar-refractivity contribution is 7.17. The number of carbonyl (C=O) groups is 1. The monoisotopic (exact) mass is 420 g/mol. The summed E-state index contributed by atoms with van der Waals surface area (Å²) in [4.78, 5) is 26.1. The average molecular weight is 420 g/mol. The van der Waals surface area contributed by atoms with E-state index in [4.69, 9.17) is 4.74 Å². The molecule has 0 saturated heterocycles. The molecule has 2 heterocycles. The minimum Gasteiger partial charge on any atom is -0.505 e. The predicted octanol–water partition coefficient (Wildman–Crippen LogP) is 3.76. The van der Waals surface area contributed by atoms with Crippen molar-refractivity contribution in [2.75, 3.05) is 7.11 Å². The van der Waals surface area contributed by atoms with Crippen molar-refractivity contribution >= 4 is 27.5 Å². The second-order valence-electron chi connectivity index (χ2n) is 6.77. The SMILES string of the molecule is COc1cccc(CNC(=O)c2c(O)c3sccc3n(Cc3ccccc3)c2=O)c1. The number of methoxy groups -OCH3 is 1. The van der Waals surface area contributed by atoms with Crippen LogP contribution in [0.4, 0.5) is 0 Å². The van der Waals surface area contributed by atoms with Crippen molar-refractivity contribution in [2.24, 2.45) is 0 Å². The lowest BCUT2D eigenvalue weighted by molar-refractivity contribution is 0.0946. The Labute approximate surface area is 177 Å². The summed E-state index contributed by atoms with van der Waals surface area (Å²) >= 11 is 1.29. The highest BCUT2D eigenvalue weighted by atomic mass is 32.1. The van der Waals surface area contributed by atoms with Gasteiger partial charge in [0.05, 0.1) is 23.9 Å². The highest BCUT2D eigenvalue weighted by Crippen LogP contribution is 2.31. The van der Waals surface area contributed by atoms with E-state index in [1.54, 1.807) is 24.6 Å². The molecule has 0 spiro atoms. The van der Waals surface area contributed by atoms with Crippen molar-refractivity contribution in [2.45, 2.75) is 13.1 Å². The van der Waals surface area contributed by atoms with Gasteiger partial charge >= 0.3 is 0 Å². The number of nitrogens with zero attached hydrogens (tertiary/aromatic N) is 1. The van der Waals surface area contributed by atoms with Crippen LogP contribution in [-0.4, -0.2) is 22.7 Å². The molecule has 0 aliphatic heterocycles. The molecule has 2 N–H and O–H groups in total. The number of carbonyl (C=O) groups excluding carboxylic acids is 1. The number of nitrogens with one attached hydrogen (secondary N) is 1. The Morgan fingerprint density at radius 3 is 2.63 bits per heavy atom. The molecule has 152 valence electrons. The molecular weight excluding hydrogens is 400 g/mol. The first-order valence-corrected chi connectivity index (χ1v) is 10.2. The van der Waals surface area contributed by atoms with Crippen LogP contribution in [0, 0.1) is 0 Å². The number of aromatic hydroxyl groups is 1. The lowest BCUT2D eigenvalue weighted by Crippen LogP contribution is -2.33. The second-order valence-corrected chi connectivity index (χ2v) is 7.69. The number of hydrogen-bond donors (Lipinski definition) is 2. The first-order chi connectivity index (χ1) is 14.6. The standard InChI is InChI=1S/C23H20N2O4S/c1-29-17-9-5-8-16(12-17)13-24-22(27)19-20(26)21-18(10-11-30-21)25(23(19)28)14-15-6-3-2-4-7-15/h2-12,26H,13-14H2,1H3,(H,24,27). The molecule has 0 aliphatic carbocycles. The van der Waals surface area contributed by atoms with E-state index >= 15 is 0 Å². The van der Waals surface area contributed by atoms with Gasteiger partial charge in [0.15, 0.2) is 5.75 Å². The third kappa shape index (κ3) is 3.79. The number of amides is 1. The van der Waals surface area contributed by atoms with Gasteiger partial charge < -0.3 is 19.7 Å². The van der Waals surface area contributed by atoms with Gasteiger partial charge in [-0.25, -0.2) is 0 Å². The molecule has 4 rings (SSSR count). The second kappa shape index (κ2) is 8.42. The Hall–Kier alpha value is -3.58. The maximum Gasteiger partial charge on any atom is 0.268 e. The maximum atomic E-state index is 13.2. The lowest BCUT2D eigenvalue weighted by atomic mass is 10.1. The van der Waals surface area contributed by atoms with Crippen LogP contribution in [0.15, 0.2) is 70.8 Å². The molecule has 1 amide bonds. The summed E-state index contributed by atoms with van der Waals surface area (Å²) < 4.78 is 7.23. The van der Waals surface area contributed by atoms with E-state index in [-0.39, 0.29) is 17.9 Å². The quantitative estimate of drug-likeness (QED) is 0.498. The summed E-state index contributed by atoms with van der Waals surface area (Å²) in [5, 5.41) is 15.2. The number of aromatic nitrogens is 1. The third-order valence-corrected chi connectivity index (χ3v) is 5.75. The van der Waals surface area contributed by atoms with E-state index in [2.05, 4.69) is 5.32 Å². The van der Waals surface area contributed by atoms with Gasteiger partial charge in [-0.2, -0.15) is 0 Å². The molecule has 4 aromatic rings. The van der Waals surface area contributed by atoms with Gasteiger partial charge in [0, 0.05) is 6.54 Å². The minimum absolute atomic E-state index is 0.204. The van der Waals surface area contributed by atoms with Crippen LogP contribution < -0.4 is 15.6 Å². The summed E-state index contributed by atoms with van der Waals surface area (Å²) in [5.74, 6) is -0.218. The lowest BCUT2D eigenvalue weighted by Gasteiger charge is -2.13. The Morgan fingerprint density at radius 1 is 1.10 bits per heavy atom. The van der Waals surface area contributed by atoms with E-state index < -0.39 is 11.5 Å². The molecule has 0 aliphatic rings. The summed E-state index contributed by atoms with van der Waals surface area (Å²) in [6.45, 7) is 0.513. The van der Waals surface area contributed by atoms with Crippen LogP contribution >= 0.6 is 11.3 Å². The van der Waals surface area contributed by atoms with Crippen LogP contribution in [0.1, 0.15) is 21.5 Å². The molecule has 2 aromatic carbocycles. The summed E-state index contributed by atoms with van der Waals surface area (Å²) in [6, 6.07) is 18.6. The van der Waals surface area contributed by atoms with E-state index in [1.807, 2.05) is 48.5 Å². The first kappa shape index (κ1) is 19.7. The zero-order valence-electron chi connectivity index (χ0n) is 16.3. The normalized spacial score (nSPS) is 10.8. The fourth-order valence-electron chi connectivity index (χ4n) is 3.33. The molecule has 6 nitrogen and oxygen atoms in total. The fourth-order valence-corrected chi connectivity index (χ4v) is 4.18. The van der Waals surface area contributed by atoms with E-state index in [0.717, 1.165) is 11.1 Å². The van der Waals surface area contributed by atoms with E-state index in [1.165, 1.54) is 15.9 Å². The van der Waals surface area contributed by atoms with Gasteiger partial charge in [-0.3, -0.25) is 9.59 Å². The summed E-state index contributed by atoms with van der Waals surface area (Å²) in [7, 11) is 1.57. The van der Waals surface area contributed by atoms with Gasteiger partial charge in [-0.05, 0) is 34.7 Å². The molecule has 0 bridgehead atoms. The number of benzene rings is 2. The molecule has 0 radical (unpaired) electrons. The van der Waals surface area contributed by atoms with Gasteiger partial charge in [-0.15, -0.1) is 11.3 Å². The summed E-state index contributed by atoms with van der Waals surface area (Å²) in [5.41, 5.74) is 1.59. The number of rotatable bonds is 6. The molecular formula is C23H20N2O4S. The topological polar surface area (TPSA) is 80.6 Å². The van der Waals surface area contributed by atoms with Gasteiger partial charge in [0.2, 0.25) is 0 Å². The van der Waals surface area contributed by atoms with Crippen molar-refractivity contribution in [3.05, 3.63) is 93.1 Å². The van der Waals surface area contributed by atoms with Crippen LogP contribution in [0.5, 0.6) is 11.5 Å². The number of ether oxygens (including phenoxy) is 1. The average Bonchev–Trinajstić information content (AvgIpc) is 3.26. The van der Waals surface area contributed by atoms with Crippen LogP contribution in [0.3, 0.4) is 0 Å². The van der Waals surface area contributed by atoms with Crippen LogP contribution in [0.2, 0.25) is 0 Å². The minimum atomic E-state index is -0.613. The molecule has 2 aromatic heterocycles. The van der Waals surface area contributed by atoms with Gasteiger partial charge in [0.25, 0.3) is 11.5 Å². The zero-order chi connectivity index (χ0) is 21.1. The number of thiophene rings is 1. The van der Waals surface area contributed by atoms with E-state index in [9.17, 15) is 14.7 Å². The molecule has 0 saturated carbocycles. The predicted molar refractivity (Wildman–Crippen MR) is 117 cm³/mol. The smallest absolute Gasteiger partial charge is 0.268 e. The van der Waals surface area contributed by atoms with Crippen molar-refractivity contribution in [3.63, 3.8) is 0 Å². The largest absolute Gasteiger partial charge is 0.505 e. The molecule has 7 heteroatoms. The van der Waals surface area contributed by atoms with Crippen LogP contribution in [0.25, 0.3) is 10.2 Å². The number of hydrogen-bond acceptors (Lipinski definition) is 5. The molecule has 30 heavy (non-hydrogen) atoms. The molecule has 0 atom stereocenters. The summed E-state index contributed by atoms with van der Waals surface area (Å²) in [6.07, 6.45) is 0. The fraction of sp³-hybridized carbons (Fsp3) is 0.130. The van der Waals surface area contributed by atoms with Crippen molar-refractivity contribution in [1.29, 1.82) is 0 Å². The van der Waals surface area contributed by atoms with Gasteiger partial charge in [0.1, 0.15) is 11.3 Å². The Bertz CT molecular complexity index is 1260. The maximum absolute atomic E-state index is 13.2. The molecule has 0 fully saturated rings. The number of fused-ring (bicyclic) bond motifs is 1. The Morgan fingerprint density at radius 2 is 1.87 bits per heavy atom. The van der Waals surface area contributed by atoms with Gasteiger partial charge in [-0.1, -0.05) is 42.5 Å². The molecule has 0 unspecified atom stereocenters. The van der Waals surface area contributed by atoms with Crippen molar-refractivity contribution < 1.29 is 14.6 Å². The van der Waals surface area contributed by atoms with Crippen LogP contribution in [-0.2, 0) is 13.1 Å². The van der Waals surface area contributed by atoms with Crippen molar-refractivity contribution in [3.8, 4) is 11.5 Å². The first-order valence-electron chi connectivity index (χ1n) is 9.36. The zero-order valence-corrected chi connectivity index (χ0v) is 17.1. The number of pyridine rings is 1. The Balaban J connectivity index is 1.69.